The highest BCUT2D eigenvalue weighted by Crippen LogP contribution is 2.26. The maximum atomic E-state index is 5.72. The second kappa shape index (κ2) is 7.93. The van der Waals surface area contributed by atoms with Crippen LogP contribution in [0.5, 0.6) is 0 Å². The molecule has 0 spiro atoms. The number of halogens is 2. The lowest BCUT2D eigenvalue weighted by molar-refractivity contribution is 0.800. The van der Waals surface area contributed by atoms with E-state index in [1.807, 2.05) is 6.92 Å². The number of benzene rings is 1. The van der Waals surface area contributed by atoms with Gasteiger partial charge in [0.05, 0.1) is 10.7 Å². The fourth-order valence-corrected chi connectivity index (χ4v) is 2.69. The van der Waals surface area contributed by atoms with Gasteiger partial charge in [0.1, 0.15) is 0 Å². The zero-order valence-electron chi connectivity index (χ0n) is 10.4. The molecule has 2 rings (SSSR count). The summed E-state index contributed by atoms with van der Waals surface area (Å²) < 4.78 is 0. The predicted octanol–water partition coefficient (Wildman–Crippen LogP) is 5.26. The van der Waals surface area contributed by atoms with Crippen molar-refractivity contribution in [3.05, 3.63) is 40.2 Å². The predicted molar refractivity (Wildman–Crippen MR) is 86.3 cm³/mol. The van der Waals surface area contributed by atoms with Gasteiger partial charge < -0.3 is 0 Å². The second-order valence-corrected chi connectivity index (χ2v) is 5.50. The SMILES string of the molecule is Br.Cc1nc(-c2ccccc2CCCCCl)cs1. The Bertz CT molecular complexity index is 484. The summed E-state index contributed by atoms with van der Waals surface area (Å²) in [5.74, 6) is 0.748. The van der Waals surface area contributed by atoms with Crippen molar-refractivity contribution in [3.8, 4) is 11.3 Å². The summed E-state index contributed by atoms with van der Waals surface area (Å²) in [6.07, 6.45) is 3.30. The molecule has 0 saturated heterocycles. The molecular weight excluding hydrogens is 330 g/mol. The highest BCUT2D eigenvalue weighted by molar-refractivity contribution is 8.93. The van der Waals surface area contributed by atoms with E-state index >= 15 is 0 Å². The van der Waals surface area contributed by atoms with Crippen LogP contribution < -0.4 is 0 Å². The summed E-state index contributed by atoms with van der Waals surface area (Å²) in [5, 5.41) is 3.26. The molecule has 0 unspecified atom stereocenters. The first-order valence-corrected chi connectivity index (χ1v) is 7.29. The molecule has 98 valence electrons. The number of hydrogen-bond donors (Lipinski definition) is 0. The number of rotatable bonds is 5. The van der Waals surface area contributed by atoms with Crippen LogP contribution in [0, 0.1) is 6.92 Å². The fraction of sp³-hybridized carbons (Fsp3) is 0.357. The lowest BCUT2D eigenvalue weighted by atomic mass is 10.0. The van der Waals surface area contributed by atoms with Gasteiger partial charge in [0.25, 0.3) is 0 Å². The molecule has 0 aliphatic heterocycles. The van der Waals surface area contributed by atoms with E-state index in [0.717, 1.165) is 35.8 Å². The van der Waals surface area contributed by atoms with Gasteiger partial charge in [0.2, 0.25) is 0 Å². The van der Waals surface area contributed by atoms with Crippen molar-refractivity contribution in [2.24, 2.45) is 0 Å². The van der Waals surface area contributed by atoms with E-state index in [1.165, 1.54) is 11.1 Å². The van der Waals surface area contributed by atoms with E-state index < -0.39 is 0 Å². The third kappa shape index (κ3) is 4.08. The van der Waals surface area contributed by atoms with Crippen molar-refractivity contribution in [2.45, 2.75) is 26.2 Å². The minimum Gasteiger partial charge on any atom is -0.242 e. The van der Waals surface area contributed by atoms with Crippen LogP contribution in [0.2, 0.25) is 0 Å². The van der Waals surface area contributed by atoms with Gasteiger partial charge in [-0.05, 0) is 31.7 Å². The molecule has 1 nitrogen and oxygen atoms in total. The highest BCUT2D eigenvalue weighted by atomic mass is 79.9. The van der Waals surface area contributed by atoms with Gasteiger partial charge in [-0.2, -0.15) is 0 Å². The van der Waals surface area contributed by atoms with Gasteiger partial charge in [-0.1, -0.05) is 24.3 Å². The molecule has 2 aromatic rings. The lowest BCUT2D eigenvalue weighted by Crippen LogP contribution is -1.91. The van der Waals surface area contributed by atoms with E-state index in [9.17, 15) is 0 Å². The molecule has 0 aliphatic carbocycles. The molecule has 1 heterocycles. The van der Waals surface area contributed by atoms with Gasteiger partial charge in [0, 0.05) is 16.8 Å². The lowest BCUT2D eigenvalue weighted by Gasteiger charge is -2.06. The summed E-state index contributed by atoms with van der Waals surface area (Å²) in [6.45, 7) is 2.05. The Hall–Kier alpha value is -0.380. The van der Waals surface area contributed by atoms with Crippen LogP contribution in [0.1, 0.15) is 23.4 Å². The molecule has 1 aromatic heterocycles. The Morgan fingerprint density at radius 2 is 2.00 bits per heavy atom. The van der Waals surface area contributed by atoms with Crippen molar-refractivity contribution < 1.29 is 0 Å². The van der Waals surface area contributed by atoms with Crippen molar-refractivity contribution in [2.75, 3.05) is 5.88 Å². The Balaban J connectivity index is 0.00000162. The maximum Gasteiger partial charge on any atom is 0.0901 e. The molecular formula is C14H17BrClNS. The average molecular weight is 347 g/mol. The molecule has 0 aliphatic rings. The number of aromatic nitrogens is 1. The minimum atomic E-state index is 0. The molecule has 0 amide bonds. The molecule has 18 heavy (non-hydrogen) atoms. The zero-order chi connectivity index (χ0) is 12.1. The van der Waals surface area contributed by atoms with Crippen molar-refractivity contribution in [3.63, 3.8) is 0 Å². The molecule has 0 saturated carbocycles. The van der Waals surface area contributed by atoms with Crippen LogP contribution in [-0.4, -0.2) is 10.9 Å². The standard InChI is InChI=1S/C14H16ClNS.BrH/c1-11-16-14(10-17-11)13-8-3-2-6-12(13)7-4-5-9-15;/h2-3,6,8,10H,4-5,7,9H2,1H3;1H. The quantitative estimate of drug-likeness (QED) is 0.531. The van der Waals surface area contributed by atoms with E-state index in [1.54, 1.807) is 11.3 Å². The Morgan fingerprint density at radius 1 is 1.22 bits per heavy atom. The molecule has 0 atom stereocenters. The monoisotopic (exact) mass is 345 g/mol. The number of thiazole rings is 1. The van der Waals surface area contributed by atoms with E-state index in [0.29, 0.717) is 0 Å². The van der Waals surface area contributed by atoms with Crippen LogP contribution in [-0.2, 0) is 6.42 Å². The smallest absolute Gasteiger partial charge is 0.0901 e. The first kappa shape index (κ1) is 15.7. The molecule has 4 heteroatoms. The van der Waals surface area contributed by atoms with Crippen molar-refractivity contribution in [1.82, 2.24) is 4.98 Å². The number of aryl methyl sites for hydroxylation is 2. The normalized spacial score (nSPS) is 10.1. The Labute approximate surface area is 128 Å². The first-order valence-electron chi connectivity index (χ1n) is 5.87. The minimum absolute atomic E-state index is 0. The molecule has 0 bridgehead atoms. The second-order valence-electron chi connectivity index (χ2n) is 4.06. The number of hydrogen-bond acceptors (Lipinski definition) is 2. The van der Waals surface area contributed by atoms with E-state index in [-0.39, 0.29) is 17.0 Å². The third-order valence-electron chi connectivity index (χ3n) is 2.74. The van der Waals surface area contributed by atoms with Crippen LogP contribution >= 0.6 is 39.9 Å². The summed E-state index contributed by atoms with van der Waals surface area (Å²) in [5.41, 5.74) is 3.75. The molecule has 1 aromatic carbocycles. The average Bonchev–Trinajstić information content (AvgIpc) is 2.77. The summed E-state index contributed by atoms with van der Waals surface area (Å²) in [4.78, 5) is 4.56. The van der Waals surface area contributed by atoms with Gasteiger partial charge in [-0.15, -0.1) is 39.9 Å². The fourth-order valence-electron chi connectivity index (χ4n) is 1.89. The van der Waals surface area contributed by atoms with Crippen molar-refractivity contribution in [1.29, 1.82) is 0 Å². The largest absolute Gasteiger partial charge is 0.242 e. The van der Waals surface area contributed by atoms with Crippen molar-refractivity contribution >= 4 is 39.9 Å². The number of unbranched alkanes of at least 4 members (excludes halogenated alkanes) is 1. The third-order valence-corrected chi connectivity index (χ3v) is 3.78. The van der Waals surface area contributed by atoms with Crippen LogP contribution in [0.4, 0.5) is 0 Å². The van der Waals surface area contributed by atoms with E-state index in [4.69, 9.17) is 11.6 Å². The number of nitrogens with zero attached hydrogens (tertiary/aromatic N) is 1. The first-order chi connectivity index (χ1) is 8.31. The summed E-state index contributed by atoms with van der Waals surface area (Å²) >= 11 is 7.42. The molecule has 0 radical (unpaired) electrons. The zero-order valence-corrected chi connectivity index (χ0v) is 13.6. The maximum absolute atomic E-state index is 5.72. The summed E-state index contributed by atoms with van der Waals surface area (Å²) in [7, 11) is 0. The van der Waals surface area contributed by atoms with Crippen LogP contribution in [0.15, 0.2) is 29.6 Å². The Morgan fingerprint density at radius 3 is 2.67 bits per heavy atom. The van der Waals surface area contributed by atoms with Gasteiger partial charge in [0.15, 0.2) is 0 Å². The number of alkyl halides is 1. The van der Waals surface area contributed by atoms with Gasteiger partial charge >= 0.3 is 0 Å². The topological polar surface area (TPSA) is 12.9 Å². The molecule has 0 fully saturated rings. The summed E-state index contributed by atoms with van der Waals surface area (Å²) in [6, 6.07) is 8.52. The van der Waals surface area contributed by atoms with Gasteiger partial charge in [-0.3, -0.25) is 0 Å². The Kier molecular flexibility index (Phi) is 6.90. The molecule has 0 N–H and O–H groups in total. The van der Waals surface area contributed by atoms with Crippen LogP contribution in [0.25, 0.3) is 11.3 Å². The van der Waals surface area contributed by atoms with Crippen LogP contribution in [0.3, 0.4) is 0 Å². The highest BCUT2D eigenvalue weighted by Gasteiger charge is 2.07. The van der Waals surface area contributed by atoms with E-state index in [2.05, 4.69) is 34.6 Å². The van der Waals surface area contributed by atoms with Gasteiger partial charge in [-0.25, -0.2) is 4.98 Å².